The van der Waals surface area contributed by atoms with Gasteiger partial charge in [0, 0.05) is 23.9 Å². The number of hydrogen-bond acceptors (Lipinski definition) is 12. The number of nitrogens with two attached hydrogens (primary N) is 2. The predicted octanol–water partition coefficient (Wildman–Crippen LogP) is 2.51. The number of nitrogens with zero attached hydrogens (tertiary/aromatic N) is 4. The van der Waals surface area contributed by atoms with E-state index < -0.39 is 33.9 Å². The SMILES string of the molecule is CNSC(=O)N(C(=O)NN)C1(/N=N/C2(N(C(=O)NN)C(=O)SNC)CCCCC2)CCCCC1. The number of carbonyl (C=O) groups excluding carboxylic acids is 4. The number of amides is 6. The summed E-state index contributed by atoms with van der Waals surface area (Å²) in [6.07, 6.45) is 6.14. The third kappa shape index (κ3) is 6.37. The Morgan fingerprint density at radius 2 is 1.00 bits per heavy atom. The summed E-state index contributed by atoms with van der Waals surface area (Å²) >= 11 is 1.45. The number of urea groups is 2. The molecule has 0 heterocycles. The van der Waals surface area contributed by atoms with E-state index in [-0.39, 0.29) is 0 Å². The molecule has 0 spiro atoms. The summed E-state index contributed by atoms with van der Waals surface area (Å²) in [5.74, 6) is 10.8. The standard InChI is InChI=1S/C18H34N10O4S2/c1-21-33-15(31)27(13(29)23-19)17(9-5-3-6-10-17)25-26-18(11-7-4-8-12-18)28(14(30)24-20)16(32)34-22-2/h21-22H,3-12,19-20H2,1-2H3,(H,23,29)(H,24,30)/b26-25+. The lowest BCUT2D eigenvalue weighted by Crippen LogP contribution is -2.60. The normalized spacial score (nSPS) is 19.3. The highest BCUT2D eigenvalue weighted by Crippen LogP contribution is 2.41. The van der Waals surface area contributed by atoms with E-state index >= 15 is 0 Å². The summed E-state index contributed by atoms with van der Waals surface area (Å²) in [5, 5.41) is 7.99. The van der Waals surface area contributed by atoms with E-state index in [1.54, 1.807) is 14.1 Å². The van der Waals surface area contributed by atoms with E-state index in [0.29, 0.717) is 51.4 Å². The molecule has 8 N–H and O–H groups in total. The Hall–Kier alpha value is -1.98. The Bertz CT molecular complexity index is 710. The largest absolute Gasteiger partial charge is 0.341 e. The van der Waals surface area contributed by atoms with Crippen LogP contribution in [0.15, 0.2) is 10.2 Å². The summed E-state index contributed by atoms with van der Waals surface area (Å²) in [7, 11) is 3.11. The Kier molecular flexibility index (Phi) is 11.0. The fourth-order valence-electron chi connectivity index (χ4n) is 4.44. The zero-order chi connectivity index (χ0) is 25.2. The molecule has 2 aliphatic carbocycles. The van der Waals surface area contributed by atoms with Crippen LogP contribution in [0.4, 0.5) is 19.2 Å². The molecule has 2 saturated carbocycles. The van der Waals surface area contributed by atoms with E-state index in [1.165, 1.54) is 0 Å². The molecule has 14 nitrogen and oxygen atoms in total. The van der Waals surface area contributed by atoms with Gasteiger partial charge in [0.15, 0.2) is 11.3 Å². The molecule has 34 heavy (non-hydrogen) atoms. The van der Waals surface area contributed by atoms with Crippen molar-refractivity contribution in [2.24, 2.45) is 21.9 Å². The quantitative estimate of drug-likeness (QED) is 0.0997. The third-order valence-electron chi connectivity index (χ3n) is 5.96. The molecule has 2 fully saturated rings. The van der Waals surface area contributed by atoms with Crippen molar-refractivity contribution in [2.45, 2.75) is 75.5 Å². The van der Waals surface area contributed by atoms with Gasteiger partial charge < -0.3 is 0 Å². The van der Waals surface area contributed by atoms with Gasteiger partial charge >= 0.3 is 22.5 Å². The van der Waals surface area contributed by atoms with Crippen LogP contribution in [0.5, 0.6) is 0 Å². The van der Waals surface area contributed by atoms with E-state index in [9.17, 15) is 19.2 Å². The van der Waals surface area contributed by atoms with E-state index in [1.807, 2.05) is 10.9 Å². The van der Waals surface area contributed by atoms with Crippen LogP contribution in [0.2, 0.25) is 0 Å². The van der Waals surface area contributed by atoms with Crippen molar-refractivity contribution >= 4 is 46.4 Å². The Balaban J connectivity index is 2.59. The first kappa shape index (κ1) is 28.3. The monoisotopic (exact) mass is 518 g/mol. The Morgan fingerprint density at radius 3 is 1.26 bits per heavy atom. The molecule has 0 aromatic rings. The number of imide groups is 2. The second-order valence-electron chi connectivity index (χ2n) is 8.00. The minimum Gasteiger partial charge on any atom is -0.275 e. The van der Waals surface area contributed by atoms with Crippen molar-refractivity contribution in [3.8, 4) is 0 Å². The number of hydrazine groups is 2. The minimum atomic E-state index is -1.31. The lowest BCUT2D eigenvalue weighted by atomic mass is 9.87. The maximum atomic E-state index is 12.9. The number of hydrogen-bond donors (Lipinski definition) is 6. The third-order valence-corrected chi connectivity index (χ3v) is 7.08. The molecule has 2 rings (SSSR count). The van der Waals surface area contributed by atoms with Gasteiger partial charge in [-0.15, -0.1) is 0 Å². The average Bonchev–Trinajstić information content (AvgIpc) is 2.84. The summed E-state index contributed by atoms with van der Waals surface area (Å²) in [4.78, 5) is 53.2. The number of rotatable bonds is 6. The summed E-state index contributed by atoms with van der Waals surface area (Å²) in [6.45, 7) is 0. The van der Waals surface area contributed by atoms with Crippen LogP contribution < -0.4 is 32.0 Å². The van der Waals surface area contributed by atoms with Crippen LogP contribution in [0, 0.1) is 0 Å². The van der Waals surface area contributed by atoms with Crippen LogP contribution in [-0.2, 0) is 0 Å². The molecule has 192 valence electrons. The van der Waals surface area contributed by atoms with Gasteiger partial charge in [-0.3, -0.25) is 29.9 Å². The first-order chi connectivity index (χ1) is 16.3. The van der Waals surface area contributed by atoms with Gasteiger partial charge in [0.1, 0.15) is 0 Å². The highest BCUT2D eigenvalue weighted by atomic mass is 32.2. The minimum absolute atomic E-state index is 0.373. The summed E-state index contributed by atoms with van der Waals surface area (Å²) in [5.41, 5.74) is 1.43. The van der Waals surface area contributed by atoms with Crippen molar-refractivity contribution in [1.82, 2.24) is 30.1 Å². The molecule has 0 saturated heterocycles. The number of azo groups is 1. The lowest BCUT2D eigenvalue weighted by Gasteiger charge is -2.43. The maximum absolute atomic E-state index is 12.9. The van der Waals surface area contributed by atoms with Gasteiger partial charge in [0.05, 0.1) is 0 Å². The molecular weight excluding hydrogens is 484 g/mol. The molecule has 0 unspecified atom stereocenters. The van der Waals surface area contributed by atoms with E-state index in [4.69, 9.17) is 11.7 Å². The number of nitrogens with one attached hydrogen (secondary N) is 4. The van der Waals surface area contributed by atoms with Gasteiger partial charge in [-0.1, -0.05) is 12.8 Å². The highest BCUT2D eigenvalue weighted by Gasteiger charge is 2.49. The Labute approximate surface area is 207 Å². The van der Waals surface area contributed by atoms with Gasteiger partial charge in [-0.05, 0) is 65.5 Å². The smallest absolute Gasteiger partial charge is 0.275 e. The van der Waals surface area contributed by atoms with Crippen LogP contribution >= 0.6 is 23.9 Å². The van der Waals surface area contributed by atoms with Crippen LogP contribution in [0.1, 0.15) is 64.2 Å². The number of carbonyl (C=O) groups is 4. The molecule has 0 atom stereocenters. The molecule has 0 aromatic heterocycles. The summed E-state index contributed by atoms with van der Waals surface area (Å²) in [6, 6.07) is -1.63. The fourth-order valence-corrected chi connectivity index (χ4v) is 5.48. The first-order valence-corrected chi connectivity index (χ1v) is 12.7. The van der Waals surface area contributed by atoms with Crippen LogP contribution in [-0.4, -0.2) is 57.8 Å². The zero-order valence-corrected chi connectivity index (χ0v) is 21.1. The second-order valence-corrected chi connectivity index (χ2v) is 9.92. The molecule has 2 aliphatic rings. The van der Waals surface area contributed by atoms with Crippen LogP contribution in [0.3, 0.4) is 0 Å². The molecular formula is C18H34N10O4S2. The highest BCUT2D eigenvalue weighted by molar-refractivity contribution is 8.12. The predicted molar refractivity (Wildman–Crippen MR) is 130 cm³/mol. The molecule has 16 heteroatoms. The van der Waals surface area contributed by atoms with Crippen molar-refractivity contribution in [3.05, 3.63) is 0 Å². The van der Waals surface area contributed by atoms with Gasteiger partial charge in [0.25, 0.3) is 0 Å². The molecule has 6 amide bonds. The first-order valence-electron chi connectivity index (χ1n) is 11.1. The molecule has 0 aromatic carbocycles. The van der Waals surface area contributed by atoms with Crippen molar-refractivity contribution in [2.75, 3.05) is 14.1 Å². The molecule has 0 aliphatic heterocycles. The Morgan fingerprint density at radius 1 is 0.676 bits per heavy atom. The van der Waals surface area contributed by atoms with Crippen LogP contribution in [0.25, 0.3) is 0 Å². The topological polar surface area (TPSA) is 200 Å². The lowest BCUT2D eigenvalue weighted by molar-refractivity contribution is 0.0802. The van der Waals surface area contributed by atoms with Gasteiger partial charge in [-0.2, -0.15) is 10.2 Å². The molecule has 0 radical (unpaired) electrons. The average molecular weight is 519 g/mol. The molecule has 0 bridgehead atoms. The summed E-state index contributed by atoms with van der Waals surface area (Å²) < 4.78 is 5.34. The zero-order valence-electron chi connectivity index (χ0n) is 19.5. The van der Waals surface area contributed by atoms with Crippen molar-refractivity contribution in [3.63, 3.8) is 0 Å². The van der Waals surface area contributed by atoms with E-state index in [0.717, 1.165) is 46.5 Å². The van der Waals surface area contributed by atoms with E-state index in [2.05, 4.69) is 19.7 Å². The fraction of sp³-hybridized carbons (Fsp3) is 0.778. The van der Waals surface area contributed by atoms with Gasteiger partial charge in [0.2, 0.25) is 0 Å². The van der Waals surface area contributed by atoms with Crippen molar-refractivity contribution in [1.29, 1.82) is 0 Å². The van der Waals surface area contributed by atoms with Crippen molar-refractivity contribution < 1.29 is 19.2 Å². The van der Waals surface area contributed by atoms with Gasteiger partial charge in [-0.25, -0.2) is 31.1 Å². The maximum Gasteiger partial charge on any atom is 0.341 e. The second kappa shape index (κ2) is 13.2.